The van der Waals surface area contributed by atoms with Gasteiger partial charge in [0.05, 0.1) is 0 Å². The number of ether oxygens (including phenoxy) is 1. The summed E-state index contributed by atoms with van der Waals surface area (Å²) >= 11 is 0. The highest BCUT2D eigenvalue weighted by Crippen LogP contribution is 2.25. The van der Waals surface area contributed by atoms with Gasteiger partial charge in [0.2, 0.25) is 0 Å². The Bertz CT molecular complexity index is 1140. The van der Waals surface area contributed by atoms with Gasteiger partial charge in [-0.15, -0.1) is 0 Å². The largest absolute Gasteiger partial charge is 0.484 e. The lowest BCUT2D eigenvalue weighted by atomic mass is 9.99. The zero-order valence-electron chi connectivity index (χ0n) is 20.0. The Labute approximate surface area is 201 Å². The Kier molecular flexibility index (Phi) is 7.16. The monoisotopic (exact) mass is 457 g/mol. The van der Waals surface area contributed by atoms with Gasteiger partial charge in [0.15, 0.2) is 6.61 Å². The quantitative estimate of drug-likeness (QED) is 0.512. The second kappa shape index (κ2) is 10.4. The van der Waals surface area contributed by atoms with Gasteiger partial charge in [-0.25, -0.2) is 4.79 Å². The Morgan fingerprint density at radius 3 is 2.29 bits per heavy atom. The Balaban J connectivity index is 1.37. The number of nitrogens with one attached hydrogen (secondary N) is 1. The Morgan fingerprint density at radius 2 is 1.62 bits per heavy atom. The number of carbonyl (C=O) groups excluding carboxylic acids is 2. The van der Waals surface area contributed by atoms with Crippen LogP contribution in [0.2, 0.25) is 0 Å². The molecule has 0 aliphatic carbocycles. The predicted molar refractivity (Wildman–Crippen MR) is 135 cm³/mol. The number of benzene rings is 3. The lowest BCUT2D eigenvalue weighted by Gasteiger charge is -2.36. The topological polar surface area (TPSA) is 61.9 Å². The van der Waals surface area contributed by atoms with Crippen molar-refractivity contribution in [2.75, 3.05) is 29.9 Å². The molecule has 0 spiro atoms. The first-order valence-electron chi connectivity index (χ1n) is 11.6. The van der Waals surface area contributed by atoms with E-state index in [0.717, 1.165) is 18.7 Å². The molecule has 6 heteroatoms. The third-order valence-corrected chi connectivity index (χ3v) is 6.08. The maximum atomic E-state index is 13.3. The molecular weight excluding hydrogens is 426 g/mol. The molecule has 34 heavy (non-hydrogen) atoms. The van der Waals surface area contributed by atoms with Gasteiger partial charge in [0.25, 0.3) is 5.91 Å². The van der Waals surface area contributed by atoms with Crippen LogP contribution in [0, 0.1) is 20.8 Å². The van der Waals surface area contributed by atoms with Crippen molar-refractivity contribution in [3.63, 3.8) is 0 Å². The van der Waals surface area contributed by atoms with Gasteiger partial charge in [-0.1, -0.05) is 35.9 Å². The summed E-state index contributed by atoms with van der Waals surface area (Å²) in [6, 6.07) is 21.0. The minimum absolute atomic E-state index is 0.0127. The number of urea groups is 1. The van der Waals surface area contributed by atoms with Crippen LogP contribution in [0.15, 0.2) is 66.7 Å². The highest BCUT2D eigenvalue weighted by molar-refractivity contribution is 5.94. The van der Waals surface area contributed by atoms with E-state index in [4.69, 9.17) is 4.74 Å². The van der Waals surface area contributed by atoms with Crippen LogP contribution in [0.1, 0.15) is 28.7 Å². The molecular formula is C28H31N3O3. The molecule has 0 radical (unpaired) electrons. The molecule has 3 amide bonds. The number of aryl methyl sites for hydroxylation is 3. The first-order valence-corrected chi connectivity index (χ1v) is 11.6. The van der Waals surface area contributed by atoms with Gasteiger partial charge < -0.3 is 15.0 Å². The number of anilines is 2. The van der Waals surface area contributed by atoms with Crippen LogP contribution in [0.5, 0.6) is 5.75 Å². The van der Waals surface area contributed by atoms with E-state index < -0.39 is 0 Å². The Morgan fingerprint density at radius 1 is 0.941 bits per heavy atom. The van der Waals surface area contributed by atoms with Crippen LogP contribution in [0.4, 0.5) is 16.2 Å². The van der Waals surface area contributed by atoms with Crippen LogP contribution in [0.25, 0.3) is 0 Å². The fourth-order valence-corrected chi connectivity index (χ4v) is 4.41. The second-order valence-corrected chi connectivity index (χ2v) is 8.78. The lowest BCUT2D eigenvalue weighted by Crippen LogP contribution is -2.49. The molecule has 4 rings (SSSR count). The fourth-order valence-electron chi connectivity index (χ4n) is 4.41. The van der Waals surface area contributed by atoms with Gasteiger partial charge in [0.1, 0.15) is 5.75 Å². The van der Waals surface area contributed by atoms with Gasteiger partial charge in [-0.2, -0.15) is 0 Å². The highest BCUT2D eigenvalue weighted by Gasteiger charge is 2.27. The van der Waals surface area contributed by atoms with E-state index in [1.807, 2.05) is 64.4 Å². The summed E-state index contributed by atoms with van der Waals surface area (Å²) in [7, 11) is 0. The number of para-hydroxylation sites is 1. The van der Waals surface area contributed by atoms with Crippen LogP contribution >= 0.6 is 0 Å². The van der Waals surface area contributed by atoms with Crippen LogP contribution in [-0.4, -0.2) is 36.5 Å². The van der Waals surface area contributed by atoms with E-state index >= 15 is 0 Å². The zero-order chi connectivity index (χ0) is 24.1. The maximum Gasteiger partial charge on any atom is 0.324 e. The van der Waals surface area contributed by atoms with E-state index in [9.17, 15) is 9.59 Å². The normalized spacial score (nSPS) is 13.7. The van der Waals surface area contributed by atoms with Gasteiger partial charge in [0, 0.05) is 31.0 Å². The van der Waals surface area contributed by atoms with Crippen molar-refractivity contribution in [1.82, 2.24) is 4.90 Å². The molecule has 1 heterocycles. The first kappa shape index (κ1) is 23.4. The van der Waals surface area contributed by atoms with E-state index in [-0.39, 0.29) is 18.5 Å². The summed E-state index contributed by atoms with van der Waals surface area (Å²) in [6.07, 6.45) is 0.908. The molecule has 176 valence electrons. The Hall–Kier alpha value is -3.80. The first-order chi connectivity index (χ1) is 16.4. The van der Waals surface area contributed by atoms with Crippen molar-refractivity contribution in [3.8, 4) is 5.75 Å². The van der Waals surface area contributed by atoms with Crippen molar-refractivity contribution in [2.24, 2.45) is 0 Å². The van der Waals surface area contributed by atoms with E-state index in [1.54, 1.807) is 0 Å². The van der Waals surface area contributed by atoms with Crippen LogP contribution in [-0.2, 0) is 11.3 Å². The van der Waals surface area contributed by atoms with Crippen LogP contribution in [0.3, 0.4) is 0 Å². The van der Waals surface area contributed by atoms with E-state index in [1.165, 1.54) is 22.3 Å². The smallest absolute Gasteiger partial charge is 0.324 e. The minimum Gasteiger partial charge on any atom is -0.484 e. The fraction of sp³-hybridized carbons (Fsp3) is 0.286. The zero-order valence-corrected chi connectivity index (χ0v) is 20.0. The molecule has 1 aliphatic heterocycles. The second-order valence-electron chi connectivity index (χ2n) is 8.78. The summed E-state index contributed by atoms with van der Waals surface area (Å²) in [5.74, 6) is 0.415. The van der Waals surface area contributed by atoms with E-state index in [2.05, 4.69) is 38.2 Å². The van der Waals surface area contributed by atoms with Crippen molar-refractivity contribution >= 4 is 23.3 Å². The average molecular weight is 458 g/mol. The molecule has 1 saturated heterocycles. The molecule has 3 aromatic carbocycles. The maximum absolute atomic E-state index is 13.3. The van der Waals surface area contributed by atoms with Crippen molar-refractivity contribution in [3.05, 3.63) is 89.0 Å². The molecule has 1 fully saturated rings. The molecule has 0 aromatic heterocycles. The summed E-state index contributed by atoms with van der Waals surface area (Å²) in [4.78, 5) is 29.2. The third-order valence-electron chi connectivity index (χ3n) is 6.08. The number of rotatable bonds is 7. The molecule has 6 nitrogen and oxygen atoms in total. The van der Waals surface area contributed by atoms with Crippen molar-refractivity contribution in [2.45, 2.75) is 33.7 Å². The predicted octanol–water partition coefficient (Wildman–Crippen LogP) is 5.46. The van der Waals surface area contributed by atoms with Gasteiger partial charge in [-0.05, 0) is 80.3 Å². The van der Waals surface area contributed by atoms with E-state index in [0.29, 0.717) is 24.5 Å². The molecule has 0 atom stereocenters. The number of hydrogen-bond acceptors (Lipinski definition) is 3. The number of amides is 3. The molecule has 1 aliphatic rings. The standard InChI is InChI=1S/C28H31N3O3/c1-20-16-21(2)26(22(3)17-20)18-30-14-7-15-31(28(30)33)24-12-10-23(11-13-24)29-27(32)19-34-25-8-5-4-6-9-25/h4-6,8-13,16-17H,7,14-15,18-19H2,1-3H3,(H,29,32). The molecule has 0 unspecified atom stereocenters. The summed E-state index contributed by atoms with van der Waals surface area (Å²) in [6.45, 7) is 8.29. The summed E-state index contributed by atoms with van der Waals surface area (Å²) < 4.78 is 5.49. The van der Waals surface area contributed by atoms with Gasteiger partial charge >= 0.3 is 6.03 Å². The summed E-state index contributed by atoms with van der Waals surface area (Å²) in [5, 5.41) is 2.83. The SMILES string of the molecule is Cc1cc(C)c(CN2CCCN(c3ccc(NC(=O)COc4ccccc4)cc3)C2=O)c(C)c1. The van der Waals surface area contributed by atoms with Gasteiger partial charge in [-0.3, -0.25) is 9.69 Å². The number of hydrogen-bond donors (Lipinski definition) is 1. The minimum atomic E-state index is -0.235. The number of carbonyl (C=O) groups is 2. The van der Waals surface area contributed by atoms with Crippen molar-refractivity contribution < 1.29 is 14.3 Å². The number of nitrogens with zero attached hydrogens (tertiary/aromatic N) is 2. The molecule has 0 bridgehead atoms. The lowest BCUT2D eigenvalue weighted by molar-refractivity contribution is -0.118. The van der Waals surface area contributed by atoms with Crippen LogP contribution < -0.4 is 15.0 Å². The molecule has 1 N–H and O–H groups in total. The third kappa shape index (κ3) is 5.57. The molecule has 3 aromatic rings. The average Bonchev–Trinajstić information content (AvgIpc) is 2.82. The summed E-state index contributed by atoms with van der Waals surface area (Å²) in [5.41, 5.74) is 6.39. The molecule has 0 saturated carbocycles. The van der Waals surface area contributed by atoms with Crippen molar-refractivity contribution in [1.29, 1.82) is 0 Å². The highest BCUT2D eigenvalue weighted by atomic mass is 16.5.